The molecule has 1 aromatic rings. The number of pyridine rings is 1. The summed E-state index contributed by atoms with van der Waals surface area (Å²) in [4.78, 5) is 11.2. The van der Waals surface area contributed by atoms with E-state index in [4.69, 9.17) is 10.5 Å². The number of nitrogens with two attached hydrogens (primary N) is 1. The van der Waals surface area contributed by atoms with Gasteiger partial charge in [0.25, 0.3) is 5.56 Å². The number of rotatable bonds is 4. The van der Waals surface area contributed by atoms with Crippen molar-refractivity contribution in [2.24, 2.45) is 0 Å². The van der Waals surface area contributed by atoms with Crippen LogP contribution in [0, 0.1) is 0 Å². The molecule has 1 aromatic heterocycles. The molecule has 0 aromatic carbocycles. The van der Waals surface area contributed by atoms with Crippen LogP contribution in [0.3, 0.4) is 0 Å². The molecule has 0 fully saturated rings. The fraction of sp³-hybridized carbons (Fsp3) is 0.444. The van der Waals surface area contributed by atoms with Gasteiger partial charge in [-0.25, -0.2) is 0 Å². The SMILES string of the molecule is CCCOCn1cc(N)ccc1=O. The first kappa shape index (κ1) is 9.80. The average molecular weight is 182 g/mol. The summed E-state index contributed by atoms with van der Waals surface area (Å²) in [7, 11) is 0. The summed E-state index contributed by atoms with van der Waals surface area (Å²) in [6.07, 6.45) is 2.52. The molecule has 4 heteroatoms. The normalized spacial score (nSPS) is 10.2. The Morgan fingerprint density at radius 2 is 2.31 bits per heavy atom. The molecule has 1 rings (SSSR count). The third-order valence-electron chi connectivity index (χ3n) is 1.59. The molecule has 13 heavy (non-hydrogen) atoms. The van der Waals surface area contributed by atoms with Crippen molar-refractivity contribution in [2.45, 2.75) is 20.1 Å². The van der Waals surface area contributed by atoms with Crippen molar-refractivity contribution >= 4 is 5.69 Å². The van der Waals surface area contributed by atoms with Crippen molar-refractivity contribution in [3.05, 3.63) is 28.7 Å². The van der Waals surface area contributed by atoms with Crippen LogP contribution >= 0.6 is 0 Å². The van der Waals surface area contributed by atoms with E-state index in [1.54, 1.807) is 12.3 Å². The minimum absolute atomic E-state index is 0.0923. The van der Waals surface area contributed by atoms with Crippen LogP contribution in [0.15, 0.2) is 23.1 Å². The standard InChI is InChI=1S/C9H14N2O2/c1-2-5-13-7-11-6-8(10)3-4-9(11)12/h3-4,6H,2,5,7,10H2,1H3. The second-order valence-electron chi connectivity index (χ2n) is 2.81. The minimum atomic E-state index is -0.0923. The Morgan fingerprint density at radius 3 is 3.00 bits per heavy atom. The number of hydrogen-bond acceptors (Lipinski definition) is 3. The van der Waals surface area contributed by atoms with E-state index in [9.17, 15) is 4.79 Å². The fourth-order valence-corrected chi connectivity index (χ4v) is 0.958. The lowest BCUT2D eigenvalue weighted by molar-refractivity contribution is 0.0753. The van der Waals surface area contributed by atoms with E-state index in [1.165, 1.54) is 10.6 Å². The highest BCUT2D eigenvalue weighted by molar-refractivity contribution is 5.33. The Bertz CT molecular complexity index is 320. The maximum absolute atomic E-state index is 11.2. The Balaban J connectivity index is 2.65. The van der Waals surface area contributed by atoms with Gasteiger partial charge in [0, 0.05) is 24.6 Å². The van der Waals surface area contributed by atoms with Gasteiger partial charge in [-0.15, -0.1) is 0 Å². The molecule has 72 valence electrons. The minimum Gasteiger partial charge on any atom is -0.398 e. The van der Waals surface area contributed by atoms with Gasteiger partial charge in [-0.3, -0.25) is 9.36 Å². The molecule has 2 N–H and O–H groups in total. The maximum atomic E-state index is 11.2. The van der Waals surface area contributed by atoms with Gasteiger partial charge in [-0.05, 0) is 12.5 Å². The average Bonchev–Trinajstić information content (AvgIpc) is 2.11. The molecule has 1 heterocycles. The first-order chi connectivity index (χ1) is 6.24. The topological polar surface area (TPSA) is 57.2 Å². The lowest BCUT2D eigenvalue weighted by atomic mass is 10.4. The second-order valence-corrected chi connectivity index (χ2v) is 2.81. The van der Waals surface area contributed by atoms with Crippen molar-refractivity contribution in [3.8, 4) is 0 Å². The van der Waals surface area contributed by atoms with Crippen LogP contribution in [-0.4, -0.2) is 11.2 Å². The molecular formula is C9H14N2O2. The predicted molar refractivity (Wildman–Crippen MR) is 51.4 cm³/mol. The summed E-state index contributed by atoms with van der Waals surface area (Å²) in [6, 6.07) is 3.02. The molecule has 0 saturated heterocycles. The highest BCUT2D eigenvalue weighted by Crippen LogP contribution is 1.95. The number of anilines is 1. The molecule has 0 atom stereocenters. The van der Waals surface area contributed by atoms with Crippen molar-refractivity contribution in [1.82, 2.24) is 4.57 Å². The van der Waals surface area contributed by atoms with E-state index in [0.29, 0.717) is 12.3 Å². The molecule has 0 spiro atoms. The lowest BCUT2D eigenvalue weighted by Crippen LogP contribution is -2.20. The second kappa shape index (κ2) is 4.67. The van der Waals surface area contributed by atoms with E-state index in [-0.39, 0.29) is 12.3 Å². The van der Waals surface area contributed by atoms with Gasteiger partial charge in [0.05, 0.1) is 0 Å². The van der Waals surface area contributed by atoms with Crippen LogP contribution < -0.4 is 11.3 Å². The van der Waals surface area contributed by atoms with Gasteiger partial charge in [-0.2, -0.15) is 0 Å². The van der Waals surface area contributed by atoms with E-state index in [1.807, 2.05) is 6.92 Å². The van der Waals surface area contributed by atoms with Crippen LogP contribution in [0.2, 0.25) is 0 Å². The van der Waals surface area contributed by atoms with Gasteiger partial charge in [0.15, 0.2) is 0 Å². The fourth-order valence-electron chi connectivity index (χ4n) is 0.958. The van der Waals surface area contributed by atoms with Gasteiger partial charge in [-0.1, -0.05) is 6.92 Å². The number of ether oxygens (including phenoxy) is 1. The Hall–Kier alpha value is -1.29. The Kier molecular flexibility index (Phi) is 3.52. The summed E-state index contributed by atoms with van der Waals surface area (Å²) in [5, 5.41) is 0. The van der Waals surface area contributed by atoms with Gasteiger partial charge < -0.3 is 10.5 Å². The Morgan fingerprint density at radius 1 is 1.54 bits per heavy atom. The van der Waals surface area contributed by atoms with Crippen molar-refractivity contribution in [3.63, 3.8) is 0 Å². The monoisotopic (exact) mass is 182 g/mol. The number of nitrogens with zero attached hydrogens (tertiary/aromatic N) is 1. The smallest absolute Gasteiger partial charge is 0.252 e. The van der Waals surface area contributed by atoms with E-state index in [2.05, 4.69) is 0 Å². The number of nitrogen functional groups attached to an aromatic ring is 1. The first-order valence-corrected chi connectivity index (χ1v) is 4.27. The van der Waals surface area contributed by atoms with Crippen LogP contribution in [-0.2, 0) is 11.5 Å². The van der Waals surface area contributed by atoms with Crippen molar-refractivity contribution in [2.75, 3.05) is 12.3 Å². The van der Waals surface area contributed by atoms with Gasteiger partial charge in [0.1, 0.15) is 6.73 Å². The molecule has 0 saturated carbocycles. The third kappa shape index (κ3) is 2.91. The van der Waals surface area contributed by atoms with Gasteiger partial charge in [0.2, 0.25) is 0 Å². The van der Waals surface area contributed by atoms with E-state index >= 15 is 0 Å². The van der Waals surface area contributed by atoms with E-state index in [0.717, 1.165) is 6.42 Å². The summed E-state index contributed by atoms with van der Waals surface area (Å²) in [5.74, 6) is 0. The zero-order valence-corrected chi connectivity index (χ0v) is 7.69. The summed E-state index contributed by atoms with van der Waals surface area (Å²) >= 11 is 0. The molecule has 0 bridgehead atoms. The van der Waals surface area contributed by atoms with Crippen molar-refractivity contribution < 1.29 is 4.74 Å². The zero-order valence-electron chi connectivity index (χ0n) is 7.69. The van der Waals surface area contributed by atoms with Crippen LogP contribution in [0.25, 0.3) is 0 Å². The molecule has 0 aliphatic carbocycles. The van der Waals surface area contributed by atoms with Crippen LogP contribution in [0.1, 0.15) is 13.3 Å². The van der Waals surface area contributed by atoms with Gasteiger partial charge >= 0.3 is 0 Å². The first-order valence-electron chi connectivity index (χ1n) is 4.27. The van der Waals surface area contributed by atoms with Crippen LogP contribution in [0.4, 0.5) is 5.69 Å². The van der Waals surface area contributed by atoms with E-state index < -0.39 is 0 Å². The summed E-state index contributed by atoms with van der Waals surface area (Å²) in [5.41, 5.74) is 5.99. The largest absolute Gasteiger partial charge is 0.398 e. The highest BCUT2D eigenvalue weighted by Gasteiger charge is 1.95. The van der Waals surface area contributed by atoms with Crippen molar-refractivity contribution in [1.29, 1.82) is 0 Å². The maximum Gasteiger partial charge on any atom is 0.252 e. The summed E-state index contributed by atoms with van der Waals surface area (Å²) < 4.78 is 6.66. The Labute approximate surface area is 76.9 Å². The molecule has 0 amide bonds. The summed E-state index contributed by atoms with van der Waals surface area (Å²) in [6.45, 7) is 2.95. The zero-order chi connectivity index (χ0) is 9.68. The molecule has 0 unspecified atom stereocenters. The number of aromatic nitrogens is 1. The molecule has 4 nitrogen and oxygen atoms in total. The molecular weight excluding hydrogens is 168 g/mol. The molecule has 0 radical (unpaired) electrons. The molecule has 0 aliphatic rings. The lowest BCUT2D eigenvalue weighted by Gasteiger charge is -2.06. The third-order valence-corrected chi connectivity index (χ3v) is 1.59. The predicted octanol–water partition coefficient (Wildman–Crippen LogP) is 0.815. The number of hydrogen-bond donors (Lipinski definition) is 1. The van der Waals surface area contributed by atoms with Crippen LogP contribution in [0.5, 0.6) is 0 Å². The molecule has 0 aliphatic heterocycles. The highest BCUT2D eigenvalue weighted by atomic mass is 16.5. The quantitative estimate of drug-likeness (QED) is 0.701.